The summed E-state index contributed by atoms with van der Waals surface area (Å²) in [5.41, 5.74) is 1.26. The number of nitrogens with zero attached hydrogens (tertiary/aromatic N) is 3. The number of benzene rings is 1. The fraction of sp³-hybridized carbons (Fsp3) is 0.333. The van der Waals surface area contributed by atoms with Crippen molar-refractivity contribution in [3.05, 3.63) is 52.4 Å². The zero-order valence-corrected chi connectivity index (χ0v) is 20.5. The van der Waals surface area contributed by atoms with Crippen LogP contribution in [0.1, 0.15) is 42.7 Å². The lowest BCUT2D eigenvalue weighted by atomic mass is 10.0. The number of methoxy groups -OCH3 is 1. The first-order chi connectivity index (χ1) is 15.6. The van der Waals surface area contributed by atoms with Crippen molar-refractivity contribution in [3.63, 3.8) is 0 Å². The number of carbonyl (C=O) groups is 1. The molecule has 1 aromatic carbocycles. The number of aromatic nitrogens is 3. The lowest BCUT2D eigenvalue weighted by Crippen LogP contribution is -2.41. The Balaban J connectivity index is 1.52. The Morgan fingerprint density at radius 1 is 1.24 bits per heavy atom. The Morgan fingerprint density at radius 2 is 2.00 bits per heavy atom. The van der Waals surface area contributed by atoms with Crippen LogP contribution in [-0.4, -0.2) is 41.6 Å². The summed E-state index contributed by atoms with van der Waals surface area (Å²) in [6.07, 6.45) is 4.34. The quantitative estimate of drug-likeness (QED) is 0.475. The maximum absolute atomic E-state index is 13.1. The van der Waals surface area contributed by atoms with E-state index in [1.807, 2.05) is 0 Å². The van der Waals surface area contributed by atoms with Gasteiger partial charge in [-0.25, -0.2) is 18.4 Å². The van der Waals surface area contributed by atoms with E-state index in [9.17, 15) is 13.2 Å². The molecule has 1 saturated carbocycles. The fourth-order valence-corrected chi connectivity index (χ4v) is 5.75. The summed E-state index contributed by atoms with van der Waals surface area (Å²) in [4.78, 5) is 25.7. The number of ether oxygens (including phenoxy) is 1. The number of rotatable bonds is 8. The monoisotopic (exact) mass is 507 g/mol. The molecule has 0 saturated heterocycles. The highest BCUT2D eigenvalue weighted by Crippen LogP contribution is 2.32. The highest BCUT2D eigenvalue weighted by Gasteiger charge is 2.36. The molecule has 12 heteroatoms. The van der Waals surface area contributed by atoms with Crippen molar-refractivity contribution in [1.29, 1.82) is 0 Å². The first-order valence-corrected chi connectivity index (χ1v) is 12.9. The molecule has 0 bridgehead atoms. The first-order valence-electron chi connectivity index (χ1n) is 10.0. The number of amides is 1. The fourth-order valence-electron chi connectivity index (χ4n) is 3.13. The Bertz CT molecular complexity index is 1310. The number of anilines is 1. The standard InChI is InChI=1S/C21H22ClN5O4S2/c1-21(2,17-11-32-20(25-17)27-33(29,30)13-5-6-13)26-19(28)14-7-4-12(8-16(14)31-3)15-9-23-10-18(22)24-15/h4,7-11,13H,5-6H2,1-3H3,(H,25,27)(H,26,28). The van der Waals surface area contributed by atoms with Crippen molar-refractivity contribution < 1.29 is 17.9 Å². The van der Waals surface area contributed by atoms with Crippen LogP contribution >= 0.6 is 22.9 Å². The van der Waals surface area contributed by atoms with E-state index in [1.165, 1.54) is 24.6 Å². The van der Waals surface area contributed by atoms with Gasteiger partial charge in [-0.1, -0.05) is 17.7 Å². The van der Waals surface area contributed by atoms with Gasteiger partial charge >= 0.3 is 0 Å². The van der Waals surface area contributed by atoms with Gasteiger partial charge in [0.1, 0.15) is 10.9 Å². The van der Waals surface area contributed by atoms with E-state index in [0.717, 1.165) is 0 Å². The SMILES string of the molecule is COc1cc(-c2cncc(Cl)n2)ccc1C(=O)NC(C)(C)c1csc(NS(=O)(=O)C2CC2)n1. The van der Waals surface area contributed by atoms with Gasteiger partial charge in [0, 0.05) is 10.9 Å². The second-order valence-corrected chi connectivity index (χ2v) is 11.3. The van der Waals surface area contributed by atoms with E-state index >= 15 is 0 Å². The number of hydrogen-bond acceptors (Lipinski definition) is 8. The van der Waals surface area contributed by atoms with Crippen LogP contribution in [0.4, 0.5) is 5.13 Å². The van der Waals surface area contributed by atoms with Crippen molar-refractivity contribution in [2.24, 2.45) is 0 Å². The van der Waals surface area contributed by atoms with Gasteiger partial charge in [-0.05, 0) is 38.8 Å². The zero-order chi connectivity index (χ0) is 23.8. The van der Waals surface area contributed by atoms with Crippen molar-refractivity contribution in [2.45, 2.75) is 37.5 Å². The normalized spacial score (nSPS) is 14.1. The van der Waals surface area contributed by atoms with Crippen LogP contribution in [0, 0.1) is 0 Å². The Morgan fingerprint density at radius 3 is 2.67 bits per heavy atom. The summed E-state index contributed by atoms with van der Waals surface area (Å²) < 4.78 is 32.3. The molecule has 0 aliphatic heterocycles. The maximum atomic E-state index is 13.1. The van der Waals surface area contributed by atoms with Crippen molar-refractivity contribution in [1.82, 2.24) is 20.3 Å². The van der Waals surface area contributed by atoms with Crippen molar-refractivity contribution in [2.75, 3.05) is 11.8 Å². The predicted octanol–water partition coefficient (Wildman–Crippen LogP) is 3.83. The minimum atomic E-state index is -3.40. The van der Waals surface area contributed by atoms with Crippen molar-refractivity contribution >= 4 is 44.0 Å². The molecule has 9 nitrogen and oxygen atoms in total. The molecule has 0 unspecified atom stereocenters. The smallest absolute Gasteiger partial charge is 0.255 e. The molecule has 2 heterocycles. The minimum absolute atomic E-state index is 0.261. The van der Waals surface area contributed by atoms with Crippen LogP contribution in [0.3, 0.4) is 0 Å². The van der Waals surface area contributed by atoms with Gasteiger partial charge in [0.2, 0.25) is 10.0 Å². The summed E-state index contributed by atoms with van der Waals surface area (Å²) in [6.45, 7) is 3.59. The molecule has 0 radical (unpaired) electrons. The van der Waals surface area contributed by atoms with Gasteiger partial charge < -0.3 is 10.1 Å². The first kappa shape index (κ1) is 23.4. The van der Waals surface area contributed by atoms with Gasteiger partial charge in [-0.2, -0.15) is 0 Å². The molecule has 1 amide bonds. The zero-order valence-electron chi connectivity index (χ0n) is 18.1. The molecule has 1 aliphatic rings. The second-order valence-electron chi connectivity index (χ2n) is 8.11. The van der Waals surface area contributed by atoms with Crippen LogP contribution in [0.15, 0.2) is 36.0 Å². The van der Waals surface area contributed by atoms with Gasteiger partial charge in [0.05, 0.1) is 47.2 Å². The molecule has 3 aromatic rings. The molecule has 2 N–H and O–H groups in total. The van der Waals surface area contributed by atoms with Crippen LogP contribution in [0.25, 0.3) is 11.3 Å². The van der Waals surface area contributed by atoms with Gasteiger partial charge in [-0.15, -0.1) is 11.3 Å². The summed E-state index contributed by atoms with van der Waals surface area (Å²) in [5, 5.41) is 4.87. The Hall–Kier alpha value is -2.76. The van der Waals surface area contributed by atoms with E-state index in [-0.39, 0.29) is 21.4 Å². The van der Waals surface area contributed by atoms with Gasteiger partial charge in [-0.3, -0.25) is 14.5 Å². The Kier molecular flexibility index (Phi) is 6.30. The molecule has 0 spiro atoms. The topological polar surface area (TPSA) is 123 Å². The van der Waals surface area contributed by atoms with E-state index in [4.69, 9.17) is 16.3 Å². The predicted molar refractivity (Wildman–Crippen MR) is 127 cm³/mol. The summed E-state index contributed by atoms with van der Waals surface area (Å²) in [5.74, 6) is -0.00701. The molecule has 2 aromatic heterocycles. The molecule has 1 aliphatic carbocycles. The molecular weight excluding hydrogens is 486 g/mol. The van der Waals surface area contributed by atoms with Crippen LogP contribution in [0.5, 0.6) is 5.75 Å². The number of carbonyl (C=O) groups excluding carboxylic acids is 1. The second kappa shape index (κ2) is 8.88. The molecular formula is C21H22ClN5O4S2. The van der Waals surface area contributed by atoms with Crippen LogP contribution < -0.4 is 14.8 Å². The number of halogens is 1. The highest BCUT2D eigenvalue weighted by molar-refractivity contribution is 7.93. The van der Waals surface area contributed by atoms with Crippen LogP contribution in [-0.2, 0) is 15.6 Å². The van der Waals surface area contributed by atoms with E-state index in [1.54, 1.807) is 43.6 Å². The third kappa shape index (κ3) is 5.26. The van der Waals surface area contributed by atoms with Crippen molar-refractivity contribution in [3.8, 4) is 17.0 Å². The summed E-state index contributed by atoms with van der Waals surface area (Å²) in [7, 11) is -1.93. The molecule has 33 heavy (non-hydrogen) atoms. The number of hydrogen-bond donors (Lipinski definition) is 2. The van der Waals surface area contributed by atoms with Gasteiger partial charge in [0.25, 0.3) is 5.91 Å². The highest BCUT2D eigenvalue weighted by atomic mass is 35.5. The molecule has 1 fully saturated rings. The minimum Gasteiger partial charge on any atom is -0.496 e. The largest absolute Gasteiger partial charge is 0.496 e. The summed E-state index contributed by atoms with van der Waals surface area (Å²) in [6, 6.07) is 5.06. The third-order valence-corrected chi connectivity index (χ3v) is 8.01. The average Bonchev–Trinajstić information content (AvgIpc) is 3.53. The van der Waals surface area contributed by atoms with E-state index < -0.39 is 15.6 Å². The molecule has 0 atom stereocenters. The summed E-state index contributed by atoms with van der Waals surface area (Å²) >= 11 is 7.10. The van der Waals surface area contributed by atoms with Crippen LogP contribution in [0.2, 0.25) is 5.15 Å². The maximum Gasteiger partial charge on any atom is 0.255 e. The molecule has 4 rings (SSSR count). The number of nitrogens with one attached hydrogen (secondary N) is 2. The number of sulfonamides is 1. The molecule has 174 valence electrons. The third-order valence-electron chi connectivity index (χ3n) is 5.11. The lowest BCUT2D eigenvalue weighted by Gasteiger charge is -2.25. The Labute approximate surface area is 200 Å². The number of thiazole rings is 1. The average molecular weight is 508 g/mol. The van der Waals surface area contributed by atoms with E-state index in [2.05, 4.69) is 25.0 Å². The lowest BCUT2D eigenvalue weighted by molar-refractivity contribution is 0.0907. The van der Waals surface area contributed by atoms with Gasteiger partial charge in [0.15, 0.2) is 5.13 Å². The van der Waals surface area contributed by atoms with E-state index in [0.29, 0.717) is 41.1 Å².